The fourth-order valence-corrected chi connectivity index (χ4v) is 3.68. The smallest absolute Gasteiger partial charge is 0.384 e. The van der Waals surface area contributed by atoms with Crippen molar-refractivity contribution in [3.8, 4) is 0 Å². The number of carbonyl (C=O) groups excluding carboxylic acids is 1. The molecule has 0 bridgehead atoms. The van der Waals surface area contributed by atoms with E-state index in [2.05, 4.69) is 0 Å². The highest BCUT2D eigenvalue weighted by atomic mass is 28.4. The maximum atomic E-state index is 10.6. The topological polar surface area (TPSA) is 65.0 Å². The number of allylic oxidation sites excluding steroid dienone is 2. The first-order valence-corrected chi connectivity index (χ1v) is 8.01. The zero-order valence-corrected chi connectivity index (χ0v) is 12.5. The van der Waals surface area contributed by atoms with Crippen molar-refractivity contribution in [2.45, 2.75) is 25.0 Å². The Labute approximate surface area is 114 Å². The Bertz CT molecular complexity index is 397. The second-order valence-corrected chi connectivity index (χ2v) is 7.32. The van der Waals surface area contributed by atoms with E-state index in [0.29, 0.717) is 6.04 Å². The molecule has 19 heavy (non-hydrogen) atoms. The highest BCUT2D eigenvalue weighted by Crippen LogP contribution is 2.22. The molecule has 0 aromatic carbocycles. The molecule has 1 atom stereocenters. The van der Waals surface area contributed by atoms with Gasteiger partial charge in [-0.05, 0) is 24.5 Å². The van der Waals surface area contributed by atoms with Gasteiger partial charge in [-0.2, -0.15) is 0 Å². The minimum Gasteiger partial charge on any atom is -0.384 e. The van der Waals surface area contributed by atoms with Gasteiger partial charge in [0.1, 0.15) is 12.0 Å². The summed E-state index contributed by atoms with van der Waals surface area (Å²) in [5.41, 5.74) is 1.25. The molecule has 1 unspecified atom stereocenters. The predicted octanol–water partition coefficient (Wildman–Crippen LogP) is 1.26. The fourth-order valence-electron chi connectivity index (χ4n) is 1.96. The lowest BCUT2D eigenvalue weighted by molar-refractivity contribution is 0.123. The van der Waals surface area contributed by atoms with Crippen LogP contribution in [0.4, 0.5) is 0 Å². The van der Waals surface area contributed by atoms with Gasteiger partial charge < -0.3 is 18.4 Å². The van der Waals surface area contributed by atoms with Gasteiger partial charge in [-0.3, -0.25) is 0 Å². The van der Waals surface area contributed by atoms with Crippen molar-refractivity contribution in [2.75, 3.05) is 21.3 Å². The predicted molar refractivity (Wildman–Crippen MR) is 73.3 cm³/mol. The molecule has 0 heterocycles. The van der Waals surface area contributed by atoms with E-state index in [1.54, 1.807) is 39.4 Å². The van der Waals surface area contributed by atoms with Gasteiger partial charge >= 0.3 is 8.80 Å². The van der Waals surface area contributed by atoms with E-state index in [1.807, 2.05) is 6.08 Å². The molecule has 0 aromatic rings. The van der Waals surface area contributed by atoms with E-state index >= 15 is 0 Å². The Balaban J connectivity index is 2.54. The van der Waals surface area contributed by atoms with Gasteiger partial charge in [0.05, 0.1) is 5.57 Å². The summed E-state index contributed by atoms with van der Waals surface area (Å²) in [6.45, 7) is 0. The van der Waals surface area contributed by atoms with Crippen LogP contribution in [-0.4, -0.2) is 47.3 Å². The first kappa shape index (κ1) is 16.0. The second-order valence-electron chi connectivity index (χ2n) is 4.23. The van der Waals surface area contributed by atoms with Crippen LogP contribution >= 0.6 is 0 Å². The Hall–Kier alpha value is -1.01. The number of hydrogen-bond acceptors (Lipinski definition) is 5. The molecule has 0 amide bonds. The van der Waals surface area contributed by atoms with Gasteiger partial charge in [0.15, 0.2) is 0 Å². The van der Waals surface area contributed by atoms with Crippen LogP contribution in [0.25, 0.3) is 0 Å². The van der Waals surface area contributed by atoms with Crippen molar-refractivity contribution in [1.29, 1.82) is 0 Å². The van der Waals surface area contributed by atoms with E-state index in [9.17, 15) is 9.90 Å². The third-order valence-corrected chi connectivity index (χ3v) is 5.98. The maximum Gasteiger partial charge on any atom is 0.500 e. The van der Waals surface area contributed by atoms with Crippen molar-refractivity contribution in [2.24, 2.45) is 0 Å². The Kier molecular flexibility index (Phi) is 6.37. The lowest BCUT2D eigenvalue weighted by Crippen LogP contribution is -2.42. The molecule has 6 heteroatoms. The van der Waals surface area contributed by atoms with Crippen LogP contribution in [0.2, 0.25) is 6.04 Å². The third kappa shape index (κ3) is 4.24. The van der Waals surface area contributed by atoms with Gasteiger partial charge in [0, 0.05) is 27.4 Å². The van der Waals surface area contributed by atoms with E-state index in [-0.39, 0.29) is 5.57 Å². The Morgan fingerprint density at radius 3 is 2.47 bits per heavy atom. The van der Waals surface area contributed by atoms with Crippen molar-refractivity contribution < 1.29 is 23.2 Å². The Morgan fingerprint density at radius 1 is 1.32 bits per heavy atom. The minimum atomic E-state index is -2.53. The normalized spacial score (nSPS) is 19.3. The summed E-state index contributed by atoms with van der Waals surface area (Å²) < 4.78 is 16.0. The number of aliphatic hydroxyl groups is 1. The van der Waals surface area contributed by atoms with Crippen LogP contribution in [0.15, 0.2) is 29.4 Å². The van der Waals surface area contributed by atoms with Crippen LogP contribution in [0.1, 0.15) is 12.8 Å². The van der Waals surface area contributed by atoms with E-state index in [1.165, 1.54) is 0 Å². The molecular formula is C13H20O5Si. The molecule has 1 rings (SSSR count). The van der Waals surface area contributed by atoms with Gasteiger partial charge in [0.2, 0.25) is 0 Å². The van der Waals surface area contributed by atoms with Crippen LogP contribution in [0.3, 0.4) is 0 Å². The average Bonchev–Trinajstić information content (AvgIpc) is 2.46. The monoisotopic (exact) mass is 284 g/mol. The van der Waals surface area contributed by atoms with Crippen LogP contribution in [0.5, 0.6) is 0 Å². The first-order chi connectivity index (χ1) is 9.10. The summed E-state index contributed by atoms with van der Waals surface area (Å²) in [6, 6.07) is 0.699. The first-order valence-electron chi connectivity index (χ1n) is 6.08. The van der Waals surface area contributed by atoms with E-state index in [4.69, 9.17) is 13.3 Å². The molecule has 1 aliphatic rings. The molecule has 0 saturated carbocycles. The minimum absolute atomic E-state index is 0.270. The maximum absolute atomic E-state index is 10.6. The average molecular weight is 284 g/mol. The lowest BCUT2D eigenvalue weighted by atomic mass is 9.98. The quantitative estimate of drug-likeness (QED) is 0.563. The lowest BCUT2D eigenvalue weighted by Gasteiger charge is -2.24. The Morgan fingerprint density at radius 2 is 1.95 bits per heavy atom. The van der Waals surface area contributed by atoms with E-state index < -0.39 is 14.9 Å². The van der Waals surface area contributed by atoms with Gasteiger partial charge in [-0.15, -0.1) is 0 Å². The second kappa shape index (κ2) is 7.55. The molecule has 0 aliphatic heterocycles. The van der Waals surface area contributed by atoms with Crippen molar-refractivity contribution in [3.05, 3.63) is 29.4 Å². The van der Waals surface area contributed by atoms with E-state index in [0.717, 1.165) is 18.4 Å². The van der Waals surface area contributed by atoms with Gasteiger partial charge in [-0.25, -0.2) is 4.79 Å². The molecule has 0 fully saturated rings. The summed E-state index contributed by atoms with van der Waals surface area (Å²) in [4.78, 5) is 10.6. The molecule has 0 radical (unpaired) electrons. The van der Waals surface area contributed by atoms with Gasteiger partial charge in [-0.1, -0.05) is 12.2 Å². The summed E-state index contributed by atoms with van der Waals surface area (Å²) in [5, 5.41) is 9.47. The molecule has 1 N–H and O–H groups in total. The summed E-state index contributed by atoms with van der Waals surface area (Å²) >= 11 is 0. The van der Waals surface area contributed by atoms with Crippen molar-refractivity contribution in [3.63, 3.8) is 0 Å². The number of hydrogen-bond donors (Lipinski definition) is 1. The fraction of sp³-hybridized carbons (Fsp3) is 0.538. The number of rotatable bonds is 7. The molecule has 5 nitrogen and oxygen atoms in total. The van der Waals surface area contributed by atoms with Crippen LogP contribution in [-0.2, 0) is 18.1 Å². The van der Waals surface area contributed by atoms with Gasteiger partial charge in [0.25, 0.3) is 0 Å². The van der Waals surface area contributed by atoms with Crippen molar-refractivity contribution in [1.82, 2.24) is 0 Å². The van der Waals surface area contributed by atoms with Crippen LogP contribution in [0, 0.1) is 0 Å². The highest BCUT2D eigenvalue weighted by Gasteiger charge is 2.36. The largest absolute Gasteiger partial charge is 0.500 e. The van der Waals surface area contributed by atoms with Crippen LogP contribution < -0.4 is 0 Å². The zero-order chi connectivity index (χ0) is 14.3. The molecule has 106 valence electrons. The molecule has 0 saturated heterocycles. The SMILES string of the molecule is CO[Si](CCCC1=CC(=C=O)C(O)C=C1)(OC)OC. The molecule has 0 aromatic heterocycles. The number of aliphatic hydroxyl groups excluding tert-OH is 1. The van der Waals surface area contributed by atoms with Crippen molar-refractivity contribution >= 4 is 14.7 Å². The zero-order valence-electron chi connectivity index (χ0n) is 11.5. The summed E-state index contributed by atoms with van der Waals surface area (Å²) in [7, 11) is 2.23. The molecule has 0 spiro atoms. The standard InChI is InChI=1S/C13H20O5Si/c1-16-19(17-2,18-3)8-4-5-11-6-7-13(15)12(9-11)10-14/h6-7,9,13,15H,4-5,8H2,1-3H3. The highest BCUT2D eigenvalue weighted by molar-refractivity contribution is 6.60. The third-order valence-electron chi connectivity index (χ3n) is 3.15. The molecule has 1 aliphatic carbocycles. The molecular weight excluding hydrogens is 264 g/mol. The summed E-state index contributed by atoms with van der Waals surface area (Å²) in [5.74, 6) is 1.75. The summed E-state index contributed by atoms with van der Waals surface area (Å²) in [6.07, 6.45) is 5.82.